The number of aliphatic hydroxyl groups is 2. The van der Waals surface area contributed by atoms with Gasteiger partial charge in [0.1, 0.15) is 0 Å². The van der Waals surface area contributed by atoms with Gasteiger partial charge in [-0.15, -0.1) is 12.3 Å². The quantitative estimate of drug-likeness (QED) is 0.612. The summed E-state index contributed by atoms with van der Waals surface area (Å²) in [7, 11) is 0. The van der Waals surface area contributed by atoms with E-state index in [0.717, 1.165) is 6.42 Å². The number of aliphatic hydroxyl groups excluding tert-OH is 2. The first-order valence-corrected chi connectivity index (χ1v) is 6.20. The lowest BCUT2D eigenvalue weighted by molar-refractivity contribution is 0.00157. The van der Waals surface area contributed by atoms with Crippen LogP contribution in [0.5, 0.6) is 0 Å². The van der Waals surface area contributed by atoms with E-state index in [1.165, 1.54) is 32.1 Å². The van der Waals surface area contributed by atoms with Crippen molar-refractivity contribution in [2.45, 2.75) is 63.2 Å². The van der Waals surface area contributed by atoms with Gasteiger partial charge < -0.3 is 15.9 Å². The highest BCUT2D eigenvalue weighted by molar-refractivity contribution is 4.92. The first-order valence-electron chi connectivity index (χ1n) is 6.20. The molecule has 0 aromatic heterocycles. The van der Waals surface area contributed by atoms with E-state index < -0.39 is 12.2 Å². The Kier molecular flexibility index (Phi) is 5.83. The van der Waals surface area contributed by atoms with Crippen LogP contribution in [0.2, 0.25) is 0 Å². The topological polar surface area (TPSA) is 66.5 Å². The van der Waals surface area contributed by atoms with Gasteiger partial charge in [0.25, 0.3) is 0 Å². The number of hydrogen-bond donors (Lipinski definition) is 3. The Morgan fingerprint density at radius 2 is 1.88 bits per heavy atom. The van der Waals surface area contributed by atoms with Gasteiger partial charge in [0.05, 0.1) is 12.2 Å². The van der Waals surface area contributed by atoms with E-state index in [1.54, 1.807) is 0 Å². The average Bonchev–Trinajstić information content (AvgIpc) is 2.29. The van der Waals surface area contributed by atoms with E-state index in [0.29, 0.717) is 5.92 Å². The van der Waals surface area contributed by atoms with Gasteiger partial charge in [-0.3, -0.25) is 0 Å². The Morgan fingerprint density at radius 3 is 2.44 bits per heavy atom. The smallest absolute Gasteiger partial charge is 0.0958 e. The summed E-state index contributed by atoms with van der Waals surface area (Å²) in [5.41, 5.74) is 5.90. The van der Waals surface area contributed by atoms with Gasteiger partial charge in [0.15, 0.2) is 0 Å². The molecule has 0 radical (unpaired) electrons. The zero-order valence-electron chi connectivity index (χ0n) is 9.81. The van der Waals surface area contributed by atoms with E-state index in [-0.39, 0.29) is 12.5 Å². The Hall–Kier alpha value is -0.560. The second kappa shape index (κ2) is 6.90. The van der Waals surface area contributed by atoms with Crippen LogP contribution >= 0.6 is 0 Å². The molecule has 0 aromatic rings. The van der Waals surface area contributed by atoms with Crippen LogP contribution in [0, 0.1) is 18.3 Å². The largest absolute Gasteiger partial charge is 0.389 e. The number of nitrogens with two attached hydrogens (primary N) is 1. The van der Waals surface area contributed by atoms with Crippen LogP contribution in [0.4, 0.5) is 0 Å². The van der Waals surface area contributed by atoms with Gasteiger partial charge in [-0.1, -0.05) is 32.1 Å². The second-order valence-electron chi connectivity index (χ2n) is 4.87. The molecule has 4 N–H and O–H groups in total. The molecule has 1 rings (SSSR count). The Bertz CT molecular complexity index is 231. The summed E-state index contributed by atoms with van der Waals surface area (Å²) < 4.78 is 0. The molecule has 3 heteroatoms. The van der Waals surface area contributed by atoms with Gasteiger partial charge in [-0.05, 0) is 12.3 Å². The lowest BCUT2D eigenvalue weighted by Crippen LogP contribution is -2.44. The molecule has 3 atom stereocenters. The standard InChI is InChI=1S/C13H23NO2/c1-2-6-12(15)13(16)11(14)9-10-7-4-3-5-8-10/h1,10-13,15-16H,3-9,14H2/t11-,12-,13+/m0/s1. The van der Waals surface area contributed by atoms with Crippen molar-refractivity contribution in [2.75, 3.05) is 0 Å². The minimum atomic E-state index is -0.891. The third kappa shape index (κ3) is 4.13. The summed E-state index contributed by atoms with van der Waals surface area (Å²) >= 11 is 0. The second-order valence-corrected chi connectivity index (χ2v) is 4.87. The van der Waals surface area contributed by atoms with Crippen molar-refractivity contribution in [3.8, 4) is 12.3 Å². The maximum Gasteiger partial charge on any atom is 0.0958 e. The predicted octanol–water partition coefficient (Wildman–Crippen LogP) is 1.03. The molecular formula is C13H23NO2. The van der Waals surface area contributed by atoms with E-state index in [4.69, 9.17) is 12.2 Å². The SMILES string of the molecule is C#CC[C@H](O)[C@H](O)[C@@H](N)CC1CCCCC1. The zero-order valence-corrected chi connectivity index (χ0v) is 9.81. The molecule has 16 heavy (non-hydrogen) atoms. The molecule has 0 heterocycles. The van der Waals surface area contributed by atoms with Gasteiger partial charge in [0, 0.05) is 12.5 Å². The van der Waals surface area contributed by atoms with Crippen molar-refractivity contribution in [1.29, 1.82) is 0 Å². The molecule has 0 unspecified atom stereocenters. The van der Waals surface area contributed by atoms with E-state index in [2.05, 4.69) is 5.92 Å². The van der Waals surface area contributed by atoms with Crippen molar-refractivity contribution < 1.29 is 10.2 Å². The fourth-order valence-corrected chi connectivity index (χ4v) is 2.47. The van der Waals surface area contributed by atoms with E-state index in [9.17, 15) is 10.2 Å². The number of terminal acetylenes is 1. The fraction of sp³-hybridized carbons (Fsp3) is 0.846. The zero-order chi connectivity index (χ0) is 12.0. The Balaban J connectivity index is 2.32. The first-order chi connectivity index (χ1) is 7.65. The van der Waals surface area contributed by atoms with Crippen LogP contribution < -0.4 is 5.73 Å². The normalized spacial score (nSPS) is 23.4. The molecule has 0 amide bonds. The summed E-state index contributed by atoms with van der Waals surface area (Å²) in [6.45, 7) is 0. The molecule has 3 nitrogen and oxygen atoms in total. The van der Waals surface area contributed by atoms with Gasteiger partial charge in [0.2, 0.25) is 0 Å². The van der Waals surface area contributed by atoms with Crippen LogP contribution in [0.3, 0.4) is 0 Å². The van der Waals surface area contributed by atoms with Crippen LogP contribution in [0.25, 0.3) is 0 Å². The molecule has 0 saturated heterocycles. The van der Waals surface area contributed by atoms with Crippen LogP contribution in [-0.4, -0.2) is 28.5 Å². The Morgan fingerprint density at radius 1 is 1.25 bits per heavy atom. The van der Waals surface area contributed by atoms with Gasteiger partial charge in [-0.25, -0.2) is 0 Å². The minimum Gasteiger partial charge on any atom is -0.389 e. The maximum atomic E-state index is 9.78. The summed E-state index contributed by atoms with van der Waals surface area (Å²) in [4.78, 5) is 0. The van der Waals surface area contributed by atoms with Crippen LogP contribution in [0.15, 0.2) is 0 Å². The van der Waals surface area contributed by atoms with Crippen molar-refractivity contribution in [3.05, 3.63) is 0 Å². The van der Waals surface area contributed by atoms with Crippen LogP contribution in [0.1, 0.15) is 44.9 Å². The third-order valence-electron chi connectivity index (χ3n) is 3.49. The van der Waals surface area contributed by atoms with Crippen molar-refractivity contribution in [3.63, 3.8) is 0 Å². The van der Waals surface area contributed by atoms with Crippen LogP contribution in [-0.2, 0) is 0 Å². The fourth-order valence-electron chi connectivity index (χ4n) is 2.47. The third-order valence-corrected chi connectivity index (χ3v) is 3.49. The highest BCUT2D eigenvalue weighted by Gasteiger charge is 2.26. The lowest BCUT2D eigenvalue weighted by atomic mass is 9.83. The molecule has 0 spiro atoms. The van der Waals surface area contributed by atoms with E-state index >= 15 is 0 Å². The van der Waals surface area contributed by atoms with Crippen molar-refractivity contribution in [2.24, 2.45) is 11.7 Å². The molecule has 1 aliphatic carbocycles. The van der Waals surface area contributed by atoms with Crippen molar-refractivity contribution in [1.82, 2.24) is 0 Å². The monoisotopic (exact) mass is 225 g/mol. The van der Waals surface area contributed by atoms with E-state index in [1.807, 2.05) is 0 Å². The lowest BCUT2D eigenvalue weighted by Gasteiger charge is -2.28. The van der Waals surface area contributed by atoms with Crippen molar-refractivity contribution >= 4 is 0 Å². The van der Waals surface area contributed by atoms with Gasteiger partial charge >= 0.3 is 0 Å². The maximum absolute atomic E-state index is 9.78. The molecule has 0 aromatic carbocycles. The highest BCUT2D eigenvalue weighted by Crippen LogP contribution is 2.27. The summed E-state index contributed by atoms with van der Waals surface area (Å²) in [6.07, 6.45) is 10.5. The molecular weight excluding hydrogens is 202 g/mol. The Labute approximate surface area is 98.0 Å². The number of hydrogen-bond acceptors (Lipinski definition) is 3. The predicted molar refractivity (Wildman–Crippen MR) is 64.6 cm³/mol. The average molecular weight is 225 g/mol. The minimum absolute atomic E-state index is 0.166. The summed E-state index contributed by atoms with van der Waals surface area (Å²) in [6, 6.07) is -0.355. The first kappa shape index (κ1) is 13.5. The summed E-state index contributed by atoms with van der Waals surface area (Å²) in [5.74, 6) is 2.95. The molecule has 0 aliphatic heterocycles. The molecule has 1 saturated carbocycles. The van der Waals surface area contributed by atoms with Gasteiger partial charge in [-0.2, -0.15) is 0 Å². The molecule has 92 valence electrons. The number of rotatable bonds is 5. The molecule has 1 aliphatic rings. The molecule has 0 bridgehead atoms. The molecule has 1 fully saturated rings. The summed E-state index contributed by atoms with van der Waals surface area (Å²) in [5, 5.41) is 19.3. The highest BCUT2D eigenvalue weighted by atomic mass is 16.3.